The van der Waals surface area contributed by atoms with Gasteiger partial charge in [-0.05, 0) is 51.3 Å². The Balaban J connectivity index is 2.03. The zero-order valence-electron chi connectivity index (χ0n) is 15.4. The number of likely N-dealkylation sites (N-methyl/N-ethyl adjacent to an activating group) is 1. The van der Waals surface area contributed by atoms with Gasteiger partial charge in [0.05, 0.1) is 5.54 Å². The molecule has 2 amide bonds. The van der Waals surface area contributed by atoms with E-state index in [9.17, 15) is 14.0 Å². The summed E-state index contributed by atoms with van der Waals surface area (Å²) in [7, 11) is 1.53. The zero-order valence-corrected chi connectivity index (χ0v) is 15.4. The molecule has 0 heterocycles. The molecule has 1 aliphatic rings. The Hall–Kier alpha value is -2.11. The molecule has 1 aromatic rings. The maximum absolute atomic E-state index is 13.2. The summed E-state index contributed by atoms with van der Waals surface area (Å²) in [6, 6.07) is 6.26. The number of rotatable bonds is 4. The Bertz CT molecular complexity index is 617. The Labute approximate surface area is 148 Å². The number of nitrogens with zero attached hydrogens (tertiary/aromatic N) is 1. The number of hydrogen-bond acceptors (Lipinski definition) is 3. The van der Waals surface area contributed by atoms with Crippen LogP contribution in [0.3, 0.4) is 0 Å². The number of carbonyl (C=O) groups excluding carboxylic acids is 2. The van der Waals surface area contributed by atoms with E-state index >= 15 is 0 Å². The van der Waals surface area contributed by atoms with E-state index in [0.29, 0.717) is 0 Å². The minimum Gasteiger partial charge on any atom is -0.444 e. The lowest BCUT2D eigenvalue weighted by Crippen LogP contribution is -2.48. The van der Waals surface area contributed by atoms with Crippen LogP contribution in [0, 0.1) is 5.82 Å². The highest BCUT2D eigenvalue weighted by Crippen LogP contribution is 2.38. The smallest absolute Gasteiger partial charge is 0.410 e. The first-order chi connectivity index (χ1) is 11.6. The lowest BCUT2D eigenvalue weighted by Gasteiger charge is -2.32. The third kappa shape index (κ3) is 5.18. The molecule has 6 heteroatoms. The van der Waals surface area contributed by atoms with Gasteiger partial charge in [0.25, 0.3) is 0 Å². The van der Waals surface area contributed by atoms with E-state index in [4.69, 9.17) is 4.74 Å². The molecule has 1 aromatic carbocycles. The van der Waals surface area contributed by atoms with Crippen LogP contribution in [-0.4, -0.2) is 36.1 Å². The maximum Gasteiger partial charge on any atom is 0.410 e. The fourth-order valence-electron chi connectivity index (χ4n) is 3.16. The Morgan fingerprint density at radius 2 is 1.76 bits per heavy atom. The summed E-state index contributed by atoms with van der Waals surface area (Å²) < 4.78 is 18.5. The minimum atomic E-state index is -0.609. The van der Waals surface area contributed by atoms with Crippen LogP contribution in [0.25, 0.3) is 0 Å². The maximum atomic E-state index is 13.2. The number of benzene rings is 1. The molecular weight excluding hydrogens is 323 g/mol. The number of amides is 2. The van der Waals surface area contributed by atoms with Crippen LogP contribution in [0.4, 0.5) is 9.18 Å². The van der Waals surface area contributed by atoms with Crippen molar-refractivity contribution in [3.05, 3.63) is 35.6 Å². The first-order valence-corrected chi connectivity index (χ1v) is 8.62. The van der Waals surface area contributed by atoms with Gasteiger partial charge in [-0.3, -0.25) is 4.79 Å². The van der Waals surface area contributed by atoms with Crippen molar-refractivity contribution in [1.29, 1.82) is 0 Å². The standard InChI is InChI=1S/C19H27FN2O3/c1-18(2,3)25-17(24)22(4)13-16(23)21-19(11-5-6-12-19)14-7-9-15(20)10-8-14/h7-10H,5-6,11-13H2,1-4H3,(H,21,23). The van der Waals surface area contributed by atoms with Gasteiger partial charge in [0.2, 0.25) is 5.91 Å². The second-order valence-corrected chi connectivity index (χ2v) is 7.68. The molecule has 0 atom stereocenters. The van der Waals surface area contributed by atoms with Crippen LogP contribution in [0.5, 0.6) is 0 Å². The van der Waals surface area contributed by atoms with Crippen molar-refractivity contribution in [2.24, 2.45) is 0 Å². The first-order valence-electron chi connectivity index (χ1n) is 8.62. The molecule has 0 aliphatic heterocycles. The third-order valence-corrected chi connectivity index (χ3v) is 4.32. The highest BCUT2D eigenvalue weighted by Gasteiger charge is 2.37. The van der Waals surface area contributed by atoms with Crippen molar-refractivity contribution in [2.75, 3.05) is 13.6 Å². The van der Waals surface area contributed by atoms with Crippen molar-refractivity contribution >= 4 is 12.0 Å². The van der Waals surface area contributed by atoms with E-state index < -0.39 is 17.2 Å². The minimum absolute atomic E-state index is 0.0855. The van der Waals surface area contributed by atoms with Gasteiger partial charge in [0, 0.05) is 7.05 Å². The van der Waals surface area contributed by atoms with E-state index in [0.717, 1.165) is 31.2 Å². The molecule has 0 radical (unpaired) electrons. The lowest BCUT2D eigenvalue weighted by molar-refractivity contribution is -0.124. The van der Waals surface area contributed by atoms with Crippen molar-refractivity contribution in [3.63, 3.8) is 0 Å². The van der Waals surface area contributed by atoms with E-state index in [1.807, 2.05) is 0 Å². The van der Waals surface area contributed by atoms with Gasteiger partial charge in [-0.15, -0.1) is 0 Å². The van der Waals surface area contributed by atoms with Gasteiger partial charge >= 0.3 is 6.09 Å². The van der Waals surface area contributed by atoms with E-state index in [2.05, 4.69) is 5.32 Å². The molecule has 1 aliphatic carbocycles. The quantitative estimate of drug-likeness (QED) is 0.903. The van der Waals surface area contributed by atoms with Crippen LogP contribution >= 0.6 is 0 Å². The monoisotopic (exact) mass is 350 g/mol. The topological polar surface area (TPSA) is 58.6 Å². The predicted octanol–water partition coefficient (Wildman–Crippen LogP) is 3.58. The van der Waals surface area contributed by atoms with E-state index in [-0.39, 0.29) is 18.3 Å². The zero-order chi connectivity index (χ0) is 18.7. The van der Waals surface area contributed by atoms with Crippen LogP contribution in [0.1, 0.15) is 52.0 Å². The van der Waals surface area contributed by atoms with E-state index in [1.54, 1.807) is 32.9 Å². The molecule has 0 saturated heterocycles. The van der Waals surface area contributed by atoms with Crippen LogP contribution in [0.15, 0.2) is 24.3 Å². The summed E-state index contributed by atoms with van der Waals surface area (Å²) in [5, 5.41) is 3.07. The van der Waals surface area contributed by atoms with Crippen LogP contribution in [-0.2, 0) is 15.1 Å². The van der Waals surface area contributed by atoms with Crippen LogP contribution in [0.2, 0.25) is 0 Å². The Morgan fingerprint density at radius 1 is 1.20 bits per heavy atom. The van der Waals surface area contributed by atoms with Gasteiger partial charge in [-0.2, -0.15) is 0 Å². The normalized spacial score (nSPS) is 16.4. The predicted molar refractivity (Wildman–Crippen MR) is 93.6 cm³/mol. The molecule has 1 saturated carbocycles. The average molecular weight is 350 g/mol. The number of carbonyl (C=O) groups is 2. The third-order valence-electron chi connectivity index (χ3n) is 4.32. The molecule has 0 unspecified atom stereocenters. The molecule has 5 nitrogen and oxygen atoms in total. The SMILES string of the molecule is CN(CC(=O)NC1(c2ccc(F)cc2)CCCC1)C(=O)OC(C)(C)C. The summed E-state index contributed by atoms with van der Waals surface area (Å²) in [4.78, 5) is 25.7. The van der Waals surface area contributed by atoms with Gasteiger partial charge < -0.3 is 15.0 Å². The summed E-state index contributed by atoms with van der Waals surface area (Å²) in [6.07, 6.45) is 3.07. The molecule has 25 heavy (non-hydrogen) atoms. The summed E-state index contributed by atoms with van der Waals surface area (Å²) in [5.41, 5.74) is -0.193. The molecule has 2 rings (SSSR count). The highest BCUT2D eigenvalue weighted by atomic mass is 19.1. The second-order valence-electron chi connectivity index (χ2n) is 7.68. The number of hydrogen-bond donors (Lipinski definition) is 1. The van der Waals surface area contributed by atoms with Crippen LogP contribution < -0.4 is 5.32 Å². The molecule has 0 bridgehead atoms. The Morgan fingerprint density at radius 3 is 2.28 bits per heavy atom. The van der Waals surface area contributed by atoms with Gasteiger partial charge in [0.1, 0.15) is 18.0 Å². The lowest BCUT2D eigenvalue weighted by atomic mass is 9.88. The van der Waals surface area contributed by atoms with Crippen molar-refractivity contribution < 1.29 is 18.7 Å². The van der Waals surface area contributed by atoms with Gasteiger partial charge in [-0.1, -0.05) is 25.0 Å². The highest BCUT2D eigenvalue weighted by molar-refractivity contribution is 5.83. The van der Waals surface area contributed by atoms with Crippen molar-refractivity contribution in [1.82, 2.24) is 10.2 Å². The fraction of sp³-hybridized carbons (Fsp3) is 0.579. The largest absolute Gasteiger partial charge is 0.444 e. The van der Waals surface area contributed by atoms with Crippen molar-refractivity contribution in [3.8, 4) is 0 Å². The summed E-state index contributed by atoms with van der Waals surface area (Å²) in [5.74, 6) is -0.549. The molecule has 138 valence electrons. The second kappa shape index (κ2) is 7.42. The Kier molecular flexibility index (Phi) is 5.70. The van der Waals surface area contributed by atoms with Gasteiger partial charge in [0.15, 0.2) is 0 Å². The number of halogens is 1. The molecule has 1 fully saturated rings. The van der Waals surface area contributed by atoms with Gasteiger partial charge in [-0.25, -0.2) is 9.18 Å². The average Bonchev–Trinajstić information content (AvgIpc) is 2.95. The number of nitrogens with one attached hydrogen (secondary N) is 1. The van der Waals surface area contributed by atoms with E-state index in [1.165, 1.54) is 24.1 Å². The molecular formula is C19H27FN2O3. The summed E-state index contributed by atoms with van der Waals surface area (Å²) in [6.45, 7) is 5.25. The molecule has 1 N–H and O–H groups in total. The summed E-state index contributed by atoms with van der Waals surface area (Å²) >= 11 is 0. The first kappa shape index (κ1) is 19.2. The van der Waals surface area contributed by atoms with Crippen molar-refractivity contribution in [2.45, 2.75) is 57.6 Å². The molecule has 0 aromatic heterocycles. The number of ether oxygens (including phenoxy) is 1. The molecule has 0 spiro atoms. The fourth-order valence-corrected chi connectivity index (χ4v) is 3.16.